The number of para-hydroxylation sites is 1. The Morgan fingerprint density at radius 1 is 1.50 bits per heavy atom. The van der Waals surface area contributed by atoms with E-state index in [9.17, 15) is 13.2 Å². The van der Waals surface area contributed by atoms with Gasteiger partial charge in [0.25, 0.3) is 0 Å². The van der Waals surface area contributed by atoms with Crippen LogP contribution >= 0.6 is 12.2 Å². The molecule has 0 atom stereocenters. The molecule has 8 heteroatoms. The third-order valence-corrected chi connectivity index (χ3v) is 2.02. The van der Waals surface area contributed by atoms with Crippen LogP contribution in [0.15, 0.2) is 23.3 Å². The van der Waals surface area contributed by atoms with Crippen LogP contribution in [0.2, 0.25) is 0 Å². The van der Waals surface area contributed by atoms with Crippen molar-refractivity contribution in [3.63, 3.8) is 0 Å². The van der Waals surface area contributed by atoms with Crippen molar-refractivity contribution < 1.29 is 17.9 Å². The molecule has 0 fully saturated rings. The van der Waals surface area contributed by atoms with Crippen molar-refractivity contribution in [2.75, 3.05) is 7.11 Å². The number of hydrogen-bond donors (Lipinski definition) is 2. The molecule has 98 valence electrons. The fraction of sp³-hybridized carbons (Fsp3) is 0.200. The summed E-state index contributed by atoms with van der Waals surface area (Å²) < 4.78 is 42.8. The number of hydrogen-bond acceptors (Lipinski definition) is 3. The van der Waals surface area contributed by atoms with Gasteiger partial charge in [-0.1, -0.05) is 6.07 Å². The van der Waals surface area contributed by atoms with Crippen LogP contribution < -0.4 is 15.9 Å². The molecule has 1 aromatic carbocycles. The molecule has 0 heterocycles. The monoisotopic (exact) mass is 277 g/mol. The first kappa shape index (κ1) is 14.2. The summed E-state index contributed by atoms with van der Waals surface area (Å²) in [4.78, 5) is 0. The molecule has 0 aliphatic heterocycles. The van der Waals surface area contributed by atoms with Crippen LogP contribution in [0.5, 0.6) is 5.75 Å². The highest BCUT2D eigenvalue weighted by Crippen LogP contribution is 2.37. The number of nitrogens with one attached hydrogen (secondary N) is 1. The van der Waals surface area contributed by atoms with E-state index < -0.39 is 11.7 Å². The van der Waals surface area contributed by atoms with Gasteiger partial charge in [-0.2, -0.15) is 18.3 Å². The highest BCUT2D eigenvalue weighted by molar-refractivity contribution is 7.80. The molecule has 0 spiro atoms. The van der Waals surface area contributed by atoms with Crippen LogP contribution in [-0.2, 0) is 6.18 Å². The number of ether oxygens (including phenoxy) is 1. The highest BCUT2D eigenvalue weighted by Gasteiger charge is 2.34. The minimum Gasteiger partial charge on any atom is -0.495 e. The average molecular weight is 277 g/mol. The van der Waals surface area contributed by atoms with E-state index in [1.54, 1.807) is 0 Å². The Labute approximate surface area is 107 Å². The summed E-state index contributed by atoms with van der Waals surface area (Å²) in [6.45, 7) is 0. The SMILES string of the molecule is COc1c(C=NNC(N)=S)cccc1C(F)(F)F. The fourth-order valence-electron chi connectivity index (χ4n) is 1.27. The van der Waals surface area contributed by atoms with Gasteiger partial charge in [-0.25, -0.2) is 0 Å². The van der Waals surface area contributed by atoms with Gasteiger partial charge in [0, 0.05) is 5.56 Å². The van der Waals surface area contributed by atoms with Gasteiger partial charge in [0.1, 0.15) is 5.75 Å². The van der Waals surface area contributed by atoms with Crippen molar-refractivity contribution in [2.24, 2.45) is 10.8 Å². The second-order valence-corrected chi connectivity index (χ2v) is 3.60. The molecule has 0 radical (unpaired) electrons. The van der Waals surface area contributed by atoms with E-state index in [0.717, 1.165) is 19.4 Å². The largest absolute Gasteiger partial charge is 0.495 e. The summed E-state index contributed by atoms with van der Waals surface area (Å²) >= 11 is 4.50. The van der Waals surface area contributed by atoms with Gasteiger partial charge in [0.05, 0.1) is 18.9 Å². The van der Waals surface area contributed by atoms with Crippen molar-refractivity contribution in [1.29, 1.82) is 0 Å². The Morgan fingerprint density at radius 2 is 2.17 bits per heavy atom. The molecule has 3 N–H and O–H groups in total. The Bertz CT molecular complexity index is 474. The summed E-state index contributed by atoms with van der Waals surface area (Å²) in [7, 11) is 1.16. The molecule has 18 heavy (non-hydrogen) atoms. The molecule has 0 bridgehead atoms. The van der Waals surface area contributed by atoms with Crippen molar-refractivity contribution >= 4 is 23.5 Å². The van der Waals surface area contributed by atoms with Crippen LogP contribution in [-0.4, -0.2) is 18.4 Å². The molecular formula is C10H10F3N3OS. The number of nitrogens with two attached hydrogens (primary N) is 1. The average Bonchev–Trinajstić information content (AvgIpc) is 2.27. The summed E-state index contributed by atoms with van der Waals surface area (Å²) in [6, 6.07) is 3.61. The number of benzene rings is 1. The quantitative estimate of drug-likeness (QED) is 0.503. The van der Waals surface area contributed by atoms with Gasteiger partial charge in [-0.05, 0) is 24.4 Å². The first-order valence-electron chi connectivity index (χ1n) is 4.69. The number of halogens is 3. The van der Waals surface area contributed by atoms with E-state index in [1.165, 1.54) is 12.1 Å². The first-order valence-corrected chi connectivity index (χ1v) is 5.09. The van der Waals surface area contributed by atoms with E-state index in [1.807, 2.05) is 0 Å². The lowest BCUT2D eigenvalue weighted by Crippen LogP contribution is -2.24. The first-order chi connectivity index (χ1) is 8.36. The topological polar surface area (TPSA) is 59.6 Å². The maximum atomic E-state index is 12.7. The molecular weight excluding hydrogens is 267 g/mol. The van der Waals surface area contributed by atoms with Crippen molar-refractivity contribution in [3.8, 4) is 5.75 Å². The number of alkyl halides is 3. The lowest BCUT2D eigenvalue weighted by atomic mass is 10.1. The van der Waals surface area contributed by atoms with Gasteiger partial charge in [0.15, 0.2) is 5.11 Å². The number of thiocarbonyl (C=S) groups is 1. The standard InChI is InChI=1S/C10H10F3N3OS/c1-17-8-6(5-15-16-9(14)18)3-2-4-7(8)10(11,12)13/h2-5H,1H3,(H3,14,16,18). The number of hydrazone groups is 1. The Balaban J connectivity index is 3.13. The van der Waals surface area contributed by atoms with Crippen molar-refractivity contribution in [1.82, 2.24) is 5.43 Å². The smallest absolute Gasteiger partial charge is 0.419 e. The van der Waals surface area contributed by atoms with Gasteiger partial charge in [0.2, 0.25) is 0 Å². The fourth-order valence-corrected chi connectivity index (χ4v) is 1.33. The summed E-state index contributed by atoms with van der Waals surface area (Å²) in [6.07, 6.45) is -3.35. The lowest BCUT2D eigenvalue weighted by Gasteiger charge is -2.13. The maximum Gasteiger partial charge on any atom is 0.419 e. The minimum absolute atomic E-state index is 0.0859. The minimum atomic E-state index is -4.49. The van der Waals surface area contributed by atoms with Gasteiger partial charge < -0.3 is 10.5 Å². The van der Waals surface area contributed by atoms with Crippen LogP contribution in [0.3, 0.4) is 0 Å². The molecule has 0 amide bonds. The number of methoxy groups -OCH3 is 1. The molecule has 1 rings (SSSR count). The molecule has 1 aromatic rings. The van der Waals surface area contributed by atoms with Gasteiger partial charge >= 0.3 is 6.18 Å². The van der Waals surface area contributed by atoms with E-state index >= 15 is 0 Å². The summed E-state index contributed by atoms with van der Waals surface area (Å²) in [5.74, 6) is -0.307. The van der Waals surface area contributed by atoms with E-state index in [-0.39, 0.29) is 16.4 Å². The van der Waals surface area contributed by atoms with Crippen molar-refractivity contribution in [3.05, 3.63) is 29.3 Å². The zero-order valence-electron chi connectivity index (χ0n) is 9.28. The van der Waals surface area contributed by atoms with Gasteiger partial charge in [-0.15, -0.1) is 0 Å². The van der Waals surface area contributed by atoms with Crippen LogP contribution in [0.1, 0.15) is 11.1 Å². The molecule has 4 nitrogen and oxygen atoms in total. The van der Waals surface area contributed by atoms with Crippen molar-refractivity contribution in [2.45, 2.75) is 6.18 Å². The summed E-state index contributed by atoms with van der Waals surface area (Å²) in [5.41, 5.74) is 6.66. The van der Waals surface area contributed by atoms with Crippen LogP contribution in [0, 0.1) is 0 Å². The third kappa shape index (κ3) is 3.59. The molecule has 0 saturated carbocycles. The second kappa shape index (κ2) is 5.67. The molecule has 0 aliphatic rings. The highest BCUT2D eigenvalue weighted by atomic mass is 32.1. The molecule has 0 aliphatic carbocycles. The Kier molecular flexibility index (Phi) is 4.49. The van der Waals surface area contributed by atoms with Crippen LogP contribution in [0.4, 0.5) is 13.2 Å². The van der Waals surface area contributed by atoms with E-state index in [4.69, 9.17) is 10.5 Å². The normalized spacial score (nSPS) is 11.6. The maximum absolute atomic E-state index is 12.7. The number of rotatable bonds is 3. The second-order valence-electron chi connectivity index (χ2n) is 3.16. The zero-order chi connectivity index (χ0) is 13.8. The number of nitrogens with zero attached hydrogens (tertiary/aromatic N) is 1. The lowest BCUT2D eigenvalue weighted by molar-refractivity contribution is -0.138. The molecule has 0 unspecified atom stereocenters. The van der Waals surface area contributed by atoms with Gasteiger partial charge in [-0.3, -0.25) is 5.43 Å². The predicted octanol–water partition coefficient (Wildman–Crippen LogP) is 1.88. The van der Waals surface area contributed by atoms with Crippen LogP contribution in [0.25, 0.3) is 0 Å². The molecule has 0 aromatic heterocycles. The Morgan fingerprint density at radius 3 is 2.67 bits per heavy atom. The Hall–Kier alpha value is -1.83. The summed E-state index contributed by atoms with van der Waals surface area (Å²) in [5, 5.41) is 3.50. The molecule has 0 saturated heterocycles. The predicted molar refractivity (Wildman–Crippen MR) is 65.5 cm³/mol. The third-order valence-electron chi connectivity index (χ3n) is 1.93. The zero-order valence-corrected chi connectivity index (χ0v) is 10.1. The van der Waals surface area contributed by atoms with E-state index in [2.05, 4.69) is 22.7 Å². The van der Waals surface area contributed by atoms with E-state index in [0.29, 0.717) is 0 Å².